The lowest BCUT2D eigenvalue weighted by molar-refractivity contribution is -0.0297. The molecule has 0 unspecified atom stereocenters. The number of hydrogen-bond donors (Lipinski definition) is 1. The number of rotatable bonds is 2. The van der Waals surface area contributed by atoms with Gasteiger partial charge >= 0.3 is 0 Å². The van der Waals surface area contributed by atoms with E-state index in [-0.39, 0.29) is 12.7 Å². The maximum absolute atomic E-state index is 8.61. The molecule has 1 saturated heterocycles. The number of morpholine rings is 1. The Kier molecular flexibility index (Phi) is 3.12. The van der Waals surface area contributed by atoms with Crippen LogP contribution in [0.25, 0.3) is 0 Å². The van der Waals surface area contributed by atoms with E-state index in [1.807, 2.05) is 0 Å². The molecule has 1 heterocycles. The predicted molar refractivity (Wildman–Crippen MR) is 38.9 cm³/mol. The van der Waals surface area contributed by atoms with Crippen LogP contribution in [-0.4, -0.2) is 49.5 Å². The Hall–Kier alpha value is -0.120. The molecular formula is C7H15NO2. The highest BCUT2D eigenvalue weighted by Crippen LogP contribution is 2.05. The summed E-state index contributed by atoms with van der Waals surface area (Å²) >= 11 is 0. The molecule has 0 aromatic carbocycles. The van der Waals surface area contributed by atoms with E-state index in [0.29, 0.717) is 0 Å². The lowest BCUT2D eigenvalue weighted by Crippen LogP contribution is -2.40. The zero-order valence-electron chi connectivity index (χ0n) is 6.42. The first-order valence-electron chi connectivity index (χ1n) is 3.74. The molecule has 1 aliphatic rings. The fraction of sp³-hybridized carbons (Fsp3) is 1.00. The second-order valence-electron chi connectivity index (χ2n) is 2.77. The number of nitrogens with zero attached hydrogens (tertiary/aromatic N) is 1. The maximum atomic E-state index is 8.61. The van der Waals surface area contributed by atoms with Gasteiger partial charge in [-0.1, -0.05) is 0 Å². The molecule has 0 aromatic rings. The minimum Gasteiger partial charge on any atom is -0.396 e. The van der Waals surface area contributed by atoms with E-state index in [1.54, 1.807) is 0 Å². The van der Waals surface area contributed by atoms with E-state index in [1.165, 1.54) is 0 Å². The lowest BCUT2D eigenvalue weighted by atomic mass is 10.2. The van der Waals surface area contributed by atoms with E-state index in [4.69, 9.17) is 9.84 Å². The lowest BCUT2D eigenvalue weighted by Gasteiger charge is -2.29. The average Bonchev–Trinajstić information content (AvgIpc) is 1.88. The summed E-state index contributed by atoms with van der Waals surface area (Å²) in [6.45, 7) is 3.02. The van der Waals surface area contributed by atoms with Gasteiger partial charge in [0.05, 0.1) is 12.7 Å². The van der Waals surface area contributed by atoms with Crippen LogP contribution < -0.4 is 0 Å². The zero-order chi connectivity index (χ0) is 7.40. The van der Waals surface area contributed by atoms with Crippen molar-refractivity contribution in [2.24, 2.45) is 0 Å². The summed E-state index contributed by atoms with van der Waals surface area (Å²) in [6, 6.07) is 0. The molecule has 1 aliphatic heterocycles. The normalized spacial score (nSPS) is 28.8. The van der Waals surface area contributed by atoms with E-state index in [2.05, 4.69) is 11.9 Å². The Morgan fingerprint density at radius 1 is 1.70 bits per heavy atom. The number of aliphatic hydroxyl groups excluding tert-OH is 1. The summed E-state index contributed by atoms with van der Waals surface area (Å²) in [6.07, 6.45) is 1.02. The molecule has 0 amide bonds. The molecule has 60 valence electrons. The first kappa shape index (κ1) is 7.98. The van der Waals surface area contributed by atoms with E-state index in [0.717, 1.165) is 26.1 Å². The van der Waals surface area contributed by atoms with Gasteiger partial charge in [-0.3, -0.25) is 0 Å². The summed E-state index contributed by atoms with van der Waals surface area (Å²) in [5.74, 6) is 0. The molecule has 1 fully saturated rings. The number of ether oxygens (including phenoxy) is 1. The molecule has 1 N–H and O–H groups in total. The first-order chi connectivity index (χ1) is 4.83. The molecule has 0 bridgehead atoms. The van der Waals surface area contributed by atoms with Crippen molar-refractivity contribution in [1.29, 1.82) is 0 Å². The van der Waals surface area contributed by atoms with Gasteiger partial charge in [0, 0.05) is 19.7 Å². The van der Waals surface area contributed by atoms with Crippen molar-refractivity contribution in [2.45, 2.75) is 12.5 Å². The zero-order valence-corrected chi connectivity index (χ0v) is 6.42. The van der Waals surface area contributed by atoms with Crippen LogP contribution in [0.1, 0.15) is 6.42 Å². The van der Waals surface area contributed by atoms with Crippen LogP contribution in [0, 0.1) is 0 Å². The monoisotopic (exact) mass is 145 g/mol. The highest BCUT2D eigenvalue weighted by molar-refractivity contribution is 4.67. The molecule has 3 heteroatoms. The van der Waals surface area contributed by atoms with Crippen LogP contribution in [0.4, 0.5) is 0 Å². The average molecular weight is 145 g/mol. The van der Waals surface area contributed by atoms with E-state index >= 15 is 0 Å². The molecule has 10 heavy (non-hydrogen) atoms. The molecule has 0 saturated carbocycles. The van der Waals surface area contributed by atoms with Gasteiger partial charge in [-0.15, -0.1) is 0 Å². The van der Waals surface area contributed by atoms with Crippen LogP contribution in [0.2, 0.25) is 0 Å². The Bertz CT molecular complexity index is 95.6. The maximum Gasteiger partial charge on any atom is 0.0724 e. The van der Waals surface area contributed by atoms with Crippen molar-refractivity contribution in [3.8, 4) is 0 Å². The van der Waals surface area contributed by atoms with Crippen LogP contribution >= 0.6 is 0 Å². The Labute approximate surface area is 61.6 Å². The van der Waals surface area contributed by atoms with Crippen LogP contribution in [0.15, 0.2) is 0 Å². The summed E-state index contributed by atoms with van der Waals surface area (Å²) < 4.78 is 5.39. The standard InChI is InChI=1S/C7H15NO2/c1-8-3-5-10-7(6-8)2-4-9/h7,9H,2-6H2,1H3/t7-/m0/s1. The molecular weight excluding hydrogens is 130 g/mol. The van der Waals surface area contributed by atoms with Crippen molar-refractivity contribution in [3.63, 3.8) is 0 Å². The first-order valence-corrected chi connectivity index (χ1v) is 3.74. The quantitative estimate of drug-likeness (QED) is 0.579. The molecule has 0 aromatic heterocycles. The summed E-state index contributed by atoms with van der Waals surface area (Å²) in [7, 11) is 2.08. The van der Waals surface area contributed by atoms with Crippen molar-refractivity contribution >= 4 is 0 Å². The third kappa shape index (κ3) is 2.25. The molecule has 0 radical (unpaired) electrons. The van der Waals surface area contributed by atoms with E-state index < -0.39 is 0 Å². The van der Waals surface area contributed by atoms with E-state index in [9.17, 15) is 0 Å². The van der Waals surface area contributed by atoms with Gasteiger partial charge in [-0.2, -0.15) is 0 Å². The Morgan fingerprint density at radius 2 is 2.50 bits per heavy atom. The largest absolute Gasteiger partial charge is 0.396 e. The van der Waals surface area contributed by atoms with Gasteiger partial charge in [0.1, 0.15) is 0 Å². The number of likely N-dealkylation sites (N-methyl/N-ethyl adjacent to an activating group) is 1. The van der Waals surface area contributed by atoms with Gasteiger partial charge in [-0.25, -0.2) is 0 Å². The summed E-state index contributed by atoms with van der Waals surface area (Å²) in [4.78, 5) is 2.23. The summed E-state index contributed by atoms with van der Waals surface area (Å²) in [5.41, 5.74) is 0. The minimum absolute atomic E-state index is 0.235. The van der Waals surface area contributed by atoms with Crippen molar-refractivity contribution in [1.82, 2.24) is 4.90 Å². The Balaban J connectivity index is 2.18. The van der Waals surface area contributed by atoms with Gasteiger partial charge in [0.25, 0.3) is 0 Å². The number of hydrogen-bond acceptors (Lipinski definition) is 3. The molecule has 1 rings (SSSR count). The molecule has 3 nitrogen and oxygen atoms in total. The molecule has 0 spiro atoms. The SMILES string of the molecule is CN1CCO[C@@H](CCO)C1. The second kappa shape index (κ2) is 3.91. The smallest absolute Gasteiger partial charge is 0.0724 e. The predicted octanol–water partition coefficient (Wildman–Crippen LogP) is -0.301. The highest BCUT2D eigenvalue weighted by atomic mass is 16.5. The third-order valence-electron chi connectivity index (χ3n) is 1.79. The Morgan fingerprint density at radius 3 is 3.10 bits per heavy atom. The topological polar surface area (TPSA) is 32.7 Å². The fourth-order valence-electron chi connectivity index (χ4n) is 1.19. The van der Waals surface area contributed by atoms with Crippen LogP contribution in [-0.2, 0) is 4.74 Å². The van der Waals surface area contributed by atoms with Gasteiger partial charge in [0.2, 0.25) is 0 Å². The third-order valence-corrected chi connectivity index (χ3v) is 1.79. The van der Waals surface area contributed by atoms with Gasteiger partial charge < -0.3 is 14.7 Å². The minimum atomic E-state index is 0.235. The van der Waals surface area contributed by atoms with Crippen LogP contribution in [0.3, 0.4) is 0 Å². The highest BCUT2D eigenvalue weighted by Gasteiger charge is 2.16. The van der Waals surface area contributed by atoms with Crippen molar-refractivity contribution in [2.75, 3.05) is 33.4 Å². The molecule has 0 aliphatic carbocycles. The number of aliphatic hydroxyl groups is 1. The molecule has 1 atom stereocenters. The van der Waals surface area contributed by atoms with Gasteiger partial charge in [0.15, 0.2) is 0 Å². The van der Waals surface area contributed by atoms with Gasteiger partial charge in [-0.05, 0) is 13.5 Å². The van der Waals surface area contributed by atoms with Crippen molar-refractivity contribution < 1.29 is 9.84 Å². The van der Waals surface area contributed by atoms with Crippen LogP contribution in [0.5, 0.6) is 0 Å². The van der Waals surface area contributed by atoms with Crippen molar-refractivity contribution in [3.05, 3.63) is 0 Å². The second-order valence-corrected chi connectivity index (χ2v) is 2.77. The fourth-order valence-corrected chi connectivity index (χ4v) is 1.19. The summed E-state index contributed by atoms with van der Waals surface area (Å²) in [5, 5.41) is 8.61.